The van der Waals surface area contributed by atoms with Gasteiger partial charge in [-0.2, -0.15) is 0 Å². The molecule has 1 atom stereocenters. The minimum atomic E-state index is -0.531. The SMILES string of the molecule is Cl.NCCNC(=O)C1CCCN1C(=O)c1ccc([N+](=O)[O-])s1. The molecule has 1 unspecified atom stereocenters. The number of hydrogen-bond donors (Lipinski definition) is 2. The normalized spacial score (nSPS) is 17.0. The molecule has 22 heavy (non-hydrogen) atoms. The van der Waals surface area contributed by atoms with E-state index in [2.05, 4.69) is 5.32 Å². The summed E-state index contributed by atoms with van der Waals surface area (Å²) in [5, 5.41) is 13.3. The first-order chi connectivity index (χ1) is 10.0. The summed E-state index contributed by atoms with van der Waals surface area (Å²) in [5.74, 6) is -0.559. The van der Waals surface area contributed by atoms with E-state index in [1.165, 1.54) is 17.0 Å². The van der Waals surface area contributed by atoms with Crippen molar-refractivity contribution < 1.29 is 14.5 Å². The lowest BCUT2D eigenvalue weighted by Gasteiger charge is -2.23. The molecule has 0 bridgehead atoms. The average molecular weight is 349 g/mol. The third kappa shape index (κ3) is 3.93. The van der Waals surface area contributed by atoms with Crippen LogP contribution in [0.25, 0.3) is 0 Å². The molecule has 1 fully saturated rings. The van der Waals surface area contributed by atoms with Gasteiger partial charge in [-0.15, -0.1) is 12.4 Å². The van der Waals surface area contributed by atoms with E-state index < -0.39 is 11.0 Å². The minimum Gasteiger partial charge on any atom is -0.353 e. The molecular weight excluding hydrogens is 332 g/mol. The van der Waals surface area contributed by atoms with Gasteiger partial charge in [0.25, 0.3) is 5.91 Å². The second-order valence-electron chi connectivity index (χ2n) is 4.63. The number of nitrogens with one attached hydrogen (secondary N) is 1. The molecule has 3 N–H and O–H groups in total. The van der Waals surface area contributed by atoms with Crippen LogP contribution in [0, 0.1) is 10.1 Å². The number of thiophene rings is 1. The van der Waals surface area contributed by atoms with Gasteiger partial charge >= 0.3 is 5.00 Å². The number of halogens is 1. The lowest BCUT2D eigenvalue weighted by molar-refractivity contribution is -0.380. The van der Waals surface area contributed by atoms with Crippen molar-refractivity contribution in [3.05, 3.63) is 27.1 Å². The standard InChI is InChI=1S/C12H16N4O4S.ClH/c13-5-6-14-11(17)8-2-1-7-15(8)12(18)9-3-4-10(21-9)16(19)20;/h3-4,8H,1-2,5-7,13H2,(H,14,17);1H. The summed E-state index contributed by atoms with van der Waals surface area (Å²) in [4.78, 5) is 36.3. The molecule has 1 aromatic heterocycles. The number of nitrogens with two attached hydrogens (primary N) is 1. The van der Waals surface area contributed by atoms with Crippen molar-refractivity contribution in [3.63, 3.8) is 0 Å². The quantitative estimate of drug-likeness (QED) is 0.601. The van der Waals surface area contributed by atoms with Crippen molar-refractivity contribution in [1.82, 2.24) is 10.2 Å². The fourth-order valence-corrected chi connectivity index (χ4v) is 3.05. The fourth-order valence-electron chi connectivity index (χ4n) is 2.28. The van der Waals surface area contributed by atoms with E-state index in [0.717, 1.165) is 17.8 Å². The van der Waals surface area contributed by atoms with Crippen LogP contribution in [0.4, 0.5) is 5.00 Å². The van der Waals surface area contributed by atoms with Gasteiger partial charge < -0.3 is 16.0 Å². The van der Waals surface area contributed by atoms with Crippen molar-refractivity contribution in [3.8, 4) is 0 Å². The molecule has 0 saturated carbocycles. The maximum Gasteiger partial charge on any atom is 0.324 e. The number of carbonyl (C=O) groups excluding carboxylic acids is 2. The molecule has 1 aromatic rings. The molecule has 8 nitrogen and oxygen atoms in total. The number of nitro groups is 1. The summed E-state index contributed by atoms with van der Waals surface area (Å²) in [6.07, 6.45) is 1.33. The van der Waals surface area contributed by atoms with Crippen LogP contribution in [-0.4, -0.2) is 47.3 Å². The second-order valence-corrected chi connectivity index (χ2v) is 5.69. The van der Waals surface area contributed by atoms with Gasteiger partial charge in [-0.05, 0) is 18.9 Å². The molecule has 2 rings (SSSR count). The molecular formula is C12H17ClN4O4S. The highest BCUT2D eigenvalue weighted by Crippen LogP contribution is 2.28. The van der Waals surface area contributed by atoms with Crippen LogP contribution in [-0.2, 0) is 4.79 Å². The zero-order valence-corrected chi connectivity index (χ0v) is 13.3. The van der Waals surface area contributed by atoms with Crippen molar-refractivity contribution in [2.24, 2.45) is 5.73 Å². The van der Waals surface area contributed by atoms with E-state index in [0.29, 0.717) is 26.1 Å². The van der Waals surface area contributed by atoms with E-state index >= 15 is 0 Å². The molecule has 10 heteroatoms. The van der Waals surface area contributed by atoms with Crippen molar-refractivity contribution in [2.75, 3.05) is 19.6 Å². The van der Waals surface area contributed by atoms with Gasteiger partial charge in [-0.25, -0.2) is 0 Å². The van der Waals surface area contributed by atoms with E-state index in [4.69, 9.17) is 5.73 Å². The molecule has 1 aliphatic rings. The molecule has 0 radical (unpaired) electrons. The zero-order valence-electron chi connectivity index (χ0n) is 11.7. The van der Waals surface area contributed by atoms with E-state index in [1.807, 2.05) is 0 Å². The molecule has 1 aliphatic heterocycles. The van der Waals surface area contributed by atoms with Crippen molar-refractivity contribution >= 4 is 40.6 Å². The highest BCUT2D eigenvalue weighted by atomic mass is 35.5. The van der Waals surface area contributed by atoms with Gasteiger partial charge in [0.05, 0.1) is 9.80 Å². The van der Waals surface area contributed by atoms with Crippen LogP contribution >= 0.6 is 23.7 Å². The Kier molecular flexibility index (Phi) is 6.72. The summed E-state index contributed by atoms with van der Waals surface area (Å²) in [6, 6.07) is 2.21. The van der Waals surface area contributed by atoms with Crippen LogP contribution in [0.3, 0.4) is 0 Å². The number of likely N-dealkylation sites (tertiary alicyclic amines) is 1. The Morgan fingerprint density at radius 3 is 2.82 bits per heavy atom. The molecule has 1 saturated heterocycles. The highest BCUT2D eigenvalue weighted by molar-refractivity contribution is 7.17. The third-order valence-electron chi connectivity index (χ3n) is 3.24. The summed E-state index contributed by atoms with van der Waals surface area (Å²) in [7, 11) is 0. The van der Waals surface area contributed by atoms with E-state index in [9.17, 15) is 19.7 Å². The fraction of sp³-hybridized carbons (Fsp3) is 0.500. The summed E-state index contributed by atoms with van der Waals surface area (Å²) in [5.41, 5.74) is 5.33. The Bertz CT molecular complexity index is 565. The monoisotopic (exact) mass is 348 g/mol. The first-order valence-electron chi connectivity index (χ1n) is 6.57. The Balaban J connectivity index is 0.00000242. The van der Waals surface area contributed by atoms with Crippen LogP contribution in [0.1, 0.15) is 22.5 Å². The predicted molar refractivity (Wildman–Crippen MR) is 84.3 cm³/mol. The van der Waals surface area contributed by atoms with Crippen molar-refractivity contribution in [1.29, 1.82) is 0 Å². The molecule has 0 spiro atoms. The average Bonchev–Trinajstić information content (AvgIpc) is 3.12. The van der Waals surface area contributed by atoms with Crippen LogP contribution < -0.4 is 11.1 Å². The Morgan fingerprint density at radius 1 is 1.50 bits per heavy atom. The van der Waals surface area contributed by atoms with Crippen molar-refractivity contribution in [2.45, 2.75) is 18.9 Å². The zero-order chi connectivity index (χ0) is 15.4. The second kappa shape index (κ2) is 8.06. The van der Waals surface area contributed by atoms with Gasteiger partial charge in [0.1, 0.15) is 6.04 Å². The third-order valence-corrected chi connectivity index (χ3v) is 4.27. The Labute approximate surface area is 137 Å². The highest BCUT2D eigenvalue weighted by Gasteiger charge is 2.35. The number of amides is 2. The smallest absolute Gasteiger partial charge is 0.324 e. The summed E-state index contributed by atoms with van der Waals surface area (Å²) >= 11 is 0.826. The molecule has 2 heterocycles. The van der Waals surface area contributed by atoms with E-state index in [1.54, 1.807) is 0 Å². The number of carbonyl (C=O) groups is 2. The van der Waals surface area contributed by atoms with Gasteiger partial charge in [-0.1, -0.05) is 11.3 Å². The first-order valence-corrected chi connectivity index (χ1v) is 7.39. The Hall–Kier alpha value is -1.71. The van der Waals surface area contributed by atoms with Gasteiger partial charge in [-0.3, -0.25) is 19.7 Å². The van der Waals surface area contributed by atoms with Gasteiger partial charge in [0.15, 0.2) is 0 Å². The molecule has 122 valence electrons. The first kappa shape index (κ1) is 18.3. The maximum absolute atomic E-state index is 12.4. The van der Waals surface area contributed by atoms with Gasteiger partial charge in [0.2, 0.25) is 5.91 Å². The minimum absolute atomic E-state index is 0. The number of nitrogens with zero attached hydrogens (tertiary/aromatic N) is 2. The molecule has 0 aliphatic carbocycles. The maximum atomic E-state index is 12.4. The predicted octanol–water partition coefficient (Wildman–Crippen LogP) is 0.758. The lowest BCUT2D eigenvalue weighted by atomic mass is 10.2. The lowest BCUT2D eigenvalue weighted by Crippen LogP contribution is -2.46. The largest absolute Gasteiger partial charge is 0.353 e. The number of hydrogen-bond acceptors (Lipinski definition) is 6. The van der Waals surface area contributed by atoms with Crippen LogP contribution in [0.2, 0.25) is 0 Å². The molecule has 2 amide bonds. The summed E-state index contributed by atoms with van der Waals surface area (Å²) < 4.78 is 0. The Morgan fingerprint density at radius 2 is 2.23 bits per heavy atom. The van der Waals surface area contributed by atoms with Crippen LogP contribution in [0.5, 0.6) is 0 Å². The van der Waals surface area contributed by atoms with Crippen LogP contribution in [0.15, 0.2) is 12.1 Å². The molecule has 0 aromatic carbocycles. The summed E-state index contributed by atoms with van der Waals surface area (Å²) in [6.45, 7) is 1.18. The van der Waals surface area contributed by atoms with Gasteiger partial charge in [0, 0.05) is 25.7 Å². The number of rotatable bonds is 5. The van der Waals surface area contributed by atoms with E-state index in [-0.39, 0.29) is 34.1 Å². The topological polar surface area (TPSA) is 119 Å².